The molecule has 0 saturated carbocycles. The molecule has 0 aliphatic heterocycles. The van der Waals surface area contributed by atoms with Gasteiger partial charge in [0.05, 0.1) is 0 Å². The van der Waals surface area contributed by atoms with Crippen LogP contribution < -0.4 is 0 Å². The van der Waals surface area contributed by atoms with Crippen molar-refractivity contribution in [2.24, 2.45) is 0 Å². The molecule has 0 aromatic heterocycles. The van der Waals surface area contributed by atoms with E-state index in [9.17, 15) is 14.4 Å². The van der Waals surface area contributed by atoms with Gasteiger partial charge in [-0.15, -0.1) is 0 Å². The molecule has 0 aliphatic rings. The molecule has 0 rings (SSSR count). The van der Waals surface area contributed by atoms with Crippen LogP contribution in [0.1, 0.15) is 335 Å². The Labute approximate surface area is 460 Å². The normalized spacial score (nSPS) is 12.4. The van der Waals surface area contributed by atoms with Crippen molar-refractivity contribution in [3.63, 3.8) is 0 Å². The molecule has 0 N–H and O–H groups in total. The lowest BCUT2D eigenvalue weighted by atomic mass is 10.0. The molecule has 6 nitrogen and oxygen atoms in total. The van der Waals surface area contributed by atoms with Crippen LogP contribution in [0.15, 0.2) is 60.8 Å². The summed E-state index contributed by atoms with van der Waals surface area (Å²) >= 11 is 0. The molecule has 0 heterocycles. The number of unbranched alkanes of at least 4 members (excludes halogenated alkanes) is 38. The summed E-state index contributed by atoms with van der Waals surface area (Å²) in [6, 6.07) is 0. The Balaban J connectivity index is 4.28. The van der Waals surface area contributed by atoms with Crippen LogP contribution in [-0.4, -0.2) is 37.2 Å². The van der Waals surface area contributed by atoms with Gasteiger partial charge in [-0.2, -0.15) is 0 Å². The van der Waals surface area contributed by atoms with Crippen molar-refractivity contribution in [3.8, 4) is 0 Å². The van der Waals surface area contributed by atoms with E-state index in [4.69, 9.17) is 14.2 Å². The molecule has 0 aromatic rings. The predicted molar refractivity (Wildman–Crippen MR) is 321 cm³/mol. The number of carbonyl (C=O) groups is 3. The zero-order valence-electron chi connectivity index (χ0n) is 49.4. The molecule has 0 fully saturated rings. The molecule has 430 valence electrons. The molecule has 1 atom stereocenters. The minimum atomic E-state index is -0.800. The molecular formula is C68H122O6. The van der Waals surface area contributed by atoms with E-state index in [0.29, 0.717) is 19.3 Å². The van der Waals surface area contributed by atoms with Crippen molar-refractivity contribution in [2.45, 2.75) is 341 Å². The Morgan fingerprint density at radius 3 is 0.932 bits per heavy atom. The van der Waals surface area contributed by atoms with Gasteiger partial charge in [0, 0.05) is 19.3 Å². The van der Waals surface area contributed by atoms with Gasteiger partial charge >= 0.3 is 17.9 Å². The van der Waals surface area contributed by atoms with Crippen LogP contribution in [0.3, 0.4) is 0 Å². The summed E-state index contributed by atoms with van der Waals surface area (Å²) in [5, 5.41) is 0. The minimum absolute atomic E-state index is 0.0914. The van der Waals surface area contributed by atoms with Gasteiger partial charge in [-0.1, -0.05) is 306 Å². The summed E-state index contributed by atoms with van der Waals surface area (Å²) in [6.45, 7) is 6.55. The lowest BCUT2D eigenvalue weighted by Gasteiger charge is -2.18. The van der Waals surface area contributed by atoms with E-state index in [1.165, 1.54) is 231 Å². The Hall–Kier alpha value is -2.89. The van der Waals surface area contributed by atoms with Gasteiger partial charge < -0.3 is 14.2 Å². The summed E-state index contributed by atoms with van der Waals surface area (Å²) in [5.41, 5.74) is 0. The maximum Gasteiger partial charge on any atom is 0.306 e. The van der Waals surface area contributed by atoms with Crippen molar-refractivity contribution in [1.82, 2.24) is 0 Å². The third-order valence-corrected chi connectivity index (χ3v) is 14.2. The van der Waals surface area contributed by atoms with Crippen LogP contribution in [-0.2, 0) is 28.6 Å². The van der Waals surface area contributed by atoms with Gasteiger partial charge in [-0.25, -0.2) is 0 Å². The lowest BCUT2D eigenvalue weighted by molar-refractivity contribution is -0.166. The van der Waals surface area contributed by atoms with E-state index in [2.05, 4.69) is 75.5 Å². The molecule has 0 radical (unpaired) electrons. The van der Waals surface area contributed by atoms with Gasteiger partial charge in [-0.3, -0.25) is 14.4 Å². The first kappa shape index (κ1) is 71.1. The van der Waals surface area contributed by atoms with Crippen LogP contribution in [0, 0.1) is 0 Å². The number of esters is 3. The highest BCUT2D eigenvalue weighted by Gasteiger charge is 2.19. The molecule has 74 heavy (non-hydrogen) atoms. The van der Waals surface area contributed by atoms with E-state index in [1.807, 2.05) is 6.08 Å². The monoisotopic (exact) mass is 1030 g/mol. The topological polar surface area (TPSA) is 78.9 Å². The minimum Gasteiger partial charge on any atom is -0.462 e. The van der Waals surface area contributed by atoms with E-state index in [1.54, 1.807) is 0 Å². The smallest absolute Gasteiger partial charge is 0.306 e. The lowest BCUT2D eigenvalue weighted by Crippen LogP contribution is -2.30. The van der Waals surface area contributed by atoms with Gasteiger partial charge in [0.15, 0.2) is 6.10 Å². The average Bonchev–Trinajstić information content (AvgIpc) is 3.40. The SMILES string of the molecule is CCCC=CCCCCCCCCCCCCCCCCCCCCCCCCC(=O)OC(COC(=O)CC/C=C\C/C=C\C/C=C\C/C=C\CCCCC)COC(=O)CCCCCCCCCCCCCCC. The quantitative estimate of drug-likeness (QED) is 0.0261. The molecule has 0 bridgehead atoms. The van der Waals surface area contributed by atoms with Crippen LogP contribution in [0.2, 0.25) is 0 Å². The fourth-order valence-electron chi connectivity index (χ4n) is 9.40. The van der Waals surface area contributed by atoms with Crippen molar-refractivity contribution >= 4 is 17.9 Å². The van der Waals surface area contributed by atoms with Crippen molar-refractivity contribution in [2.75, 3.05) is 13.2 Å². The van der Waals surface area contributed by atoms with Crippen molar-refractivity contribution in [1.29, 1.82) is 0 Å². The molecule has 0 aliphatic carbocycles. The van der Waals surface area contributed by atoms with Gasteiger partial charge in [0.2, 0.25) is 0 Å². The van der Waals surface area contributed by atoms with Crippen LogP contribution >= 0.6 is 0 Å². The summed E-state index contributed by atoms with van der Waals surface area (Å²) in [7, 11) is 0. The molecule has 1 unspecified atom stereocenters. The standard InChI is InChI=1S/C68H122O6/c1-4-7-10-13-16-19-22-25-27-29-30-31-32-33-34-35-36-37-38-39-41-44-47-50-53-56-59-62-68(71)74-65(63-72-66(69)60-57-54-51-48-45-42-24-21-18-15-12-9-6-3)64-73-67(70)61-58-55-52-49-46-43-40-28-26-23-20-17-14-11-8-5-2/h10,13,17,20,26,28,43,46,52,55,65H,4-9,11-12,14-16,18-19,21-25,27,29-42,44-45,47-51,53-54,56-64H2,1-3H3/b13-10?,20-17-,28-26-,46-43-,55-52-. The van der Waals surface area contributed by atoms with Gasteiger partial charge in [0.25, 0.3) is 0 Å². The fraction of sp³-hybridized carbons (Fsp3) is 0.809. The van der Waals surface area contributed by atoms with Crippen molar-refractivity contribution in [3.05, 3.63) is 60.8 Å². The molecular weight excluding hydrogens is 913 g/mol. The van der Waals surface area contributed by atoms with Crippen LogP contribution in [0.5, 0.6) is 0 Å². The second-order valence-corrected chi connectivity index (χ2v) is 21.7. The molecule has 0 amide bonds. The Morgan fingerprint density at radius 1 is 0.270 bits per heavy atom. The van der Waals surface area contributed by atoms with E-state index in [0.717, 1.165) is 57.8 Å². The number of rotatable bonds is 59. The predicted octanol–water partition coefficient (Wildman–Crippen LogP) is 21.9. The highest BCUT2D eigenvalue weighted by Crippen LogP contribution is 2.18. The second kappa shape index (κ2) is 62.6. The zero-order valence-corrected chi connectivity index (χ0v) is 49.4. The summed E-state index contributed by atoms with van der Waals surface area (Å²) in [6.07, 6.45) is 79.7. The molecule has 0 saturated heterocycles. The Bertz CT molecular complexity index is 1330. The number of hydrogen-bond donors (Lipinski definition) is 0. The number of hydrogen-bond acceptors (Lipinski definition) is 6. The molecule has 6 heteroatoms. The number of ether oxygens (including phenoxy) is 3. The Kier molecular flexibility index (Phi) is 60.2. The first-order valence-electron chi connectivity index (χ1n) is 32.3. The maximum atomic E-state index is 12.9. The van der Waals surface area contributed by atoms with Crippen LogP contribution in [0.25, 0.3) is 0 Å². The first-order chi connectivity index (χ1) is 36.5. The molecule has 0 aromatic carbocycles. The third kappa shape index (κ3) is 60.0. The second-order valence-electron chi connectivity index (χ2n) is 21.7. The Morgan fingerprint density at radius 2 is 0.541 bits per heavy atom. The summed E-state index contributed by atoms with van der Waals surface area (Å²) < 4.78 is 16.8. The van der Waals surface area contributed by atoms with Crippen molar-refractivity contribution < 1.29 is 28.6 Å². The summed E-state index contributed by atoms with van der Waals surface area (Å²) in [5.74, 6) is -0.957. The van der Waals surface area contributed by atoms with E-state index < -0.39 is 6.10 Å². The molecule has 0 spiro atoms. The highest BCUT2D eigenvalue weighted by atomic mass is 16.6. The van der Waals surface area contributed by atoms with E-state index >= 15 is 0 Å². The first-order valence-corrected chi connectivity index (χ1v) is 32.3. The maximum absolute atomic E-state index is 12.9. The van der Waals surface area contributed by atoms with Gasteiger partial charge in [0.1, 0.15) is 13.2 Å². The zero-order chi connectivity index (χ0) is 53.6. The largest absolute Gasteiger partial charge is 0.462 e. The average molecular weight is 1040 g/mol. The fourth-order valence-corrected chi connectivity index (χ4v) is 9.40. The number of carbonyl (C=O) groups excluding carboxylic acids is 3. The number of allylic oxidation sites excluding steroid dienone is 10. The van der Waals surface area contributed by atoms with Gasteiger partial charge in [-0.05, 0) is 70.6 Å². The summed E-state index contributed by atoms with van der Waals surface area (Å²) in [4.78, 5) is 38.2. The third-order valence-electron chi connectivity index (χ3n) is 14.2. The highest BCUT2D eigenvalue weighted by molar-refractivity contribution is 5.71. The van der Waals surface area contributed by atoms with Crippen LogP contribution in [0.4, 0.5) is 0 Å². The van der Waals surface area contributed by atoms with E-state index in [-0.39, 0.29) is 37.5 Å².